The van der Waals surface area contributed by atoms with Crippen molar-refractivity contribution in [1.29, 1.82) is 0 Å². The third kappa shape index (κ3) is 3.35. The van der Waals surface area contributed by atoms with E-state index in [-0.39, 0.29) is 23.3 Å². The smallest absolute Gasteiger partial charge is 0.335 e. The van der Waals surface area contributed by atoms with Crippen LogP contribution in [-0.2, 0) is 4.79 Å². The summed E-state index contributed by atoms with van der Waals surface area (Å²) in [5.74, 6) is -0.446. The third-order valence-electron chi connectivity index (χ3n) is 5.15. The summed E-state index contributed by atoms with van der Waals surface area (Å²) in [4.78, 5) is 24.1. The van der Waals surface area contributed by atoms with E-state index in [1.54, 1.807) is 23.9 Å². The minimum atomic E-state index is -0.935. The zero-order chi connectivity index (χ0) is 20.7. The zero-order valence-corrected chi connectivity index (χ0v) is 16.6. The number of thioether (sulfide) groups is 1. The predicted octanol–water partition coefficient (Wildman–Crippen LogP) is 5.10. The molecule has 0 saturated heterocycles. The Kier molecular flexibility index (Phi) is 4.56. The van der Waals surface area contributed by atoms with E-state index in [0.717, 1.165) is 27.2 Å². The normalized spacial score (nSPS) is 17.1. The maximum Gasteiger partial charge on any atom is 0.335 e. The van der Waals surface area contributed by atoms with E-state index in [0.29, 0.717) is 11.4 Å². The molecule has 5 rings (SSSR count). The summed E-state index contributed by atoms with van der Waals surface area (Å²) in [6, 6.07) is 21.1. The molecule has 0 radical (unpaired) electrons. The first-order valence-corrected chi connectivity index (χ1v) is 10.3. The topological polar surface area (TPSA) is 75.6 Å². The van der Waals surface area contributed by atoms with Crippen molar-refractivity contribution < 1.29 is 19.4 Å². The number of ether oxygens (including phenoxy) is 1. The Bertz CT molecular complexity index is 1200. The molecule has 0 aliphatic carbocycles. The Morgan fingerprint density at radius 2 is 1.90 bits per heavy atom. The minimum absolute atomic E-state index is 0.0130. The van der Waals surface area contributed by atoms with Crippen LogP contribution in [0.5, 0.6) is 5.75 Å². The molecule has 6 heteroatoms. The fraction of sp³-hybridized carbons (Fsp3) is 0.0833. The molecule has 2 N–H and O–H groups in total. The van der Waals surface area contributed by atoms with Gasteiger partial charge in [0.05, 0.1) is 16.5 Å². The van der Waals surface area contributed by atoms with E-state index in [1.807, 2.05) is 42.5 Å². The number of hydrogen-bond acceptors (Lipinski definition) is 4. The SMILES string of the molecule is O=C1COc2ccc(C3=Cc4ccc(C(=O)O)cc4SC3c3ccccc3)cc2N1. The Balaban J connectivity index is 1.64. The number of fused-ring (bicyclic) bond motifs is 2. The average Bonchev–Trinajstić information content (AvgIpc) is 2.77. The summed E-state index contributed by atoms with van der Waals surface area (Å²) in [5.41, 5.74) is 5.11. The number of nitrogens with one attached hydrogen (secondary N) is 1. The molecule has 1 unspecified atom stereocenters. The number of hydrogen-bond donors (Lipinski definition) is 2. The first-order chi connectivity index (χ1) is 14.6. The molecule has 2 heterocycles. The number of benzene rings is 3. The predicted molar refractivity (Wildman–Crippen MR) is 117 cm³/mol. The number of anilines is 1. The van der Waals surface area contributed by atoms with Gasteiger partial charge in [-0.1, -0.05) is 42.5 Å². The maximum atomic E-state index is 11.7. The van der Waals surface area contributed by atoms with Gasteiger partial charge in [-0.25, -0.2) is 4.79 Å². The van der Waals surface area contributed by atoms with Crippen LogP contribution < -0.4 is 10.1 Å². The highest BCUT2D eigenvalue weighted by molar-refractivity contribution is 8.00. The number of amides is 1. The van der Waals surface area contributed by atoms with Crippen molar-refractivity contribution in [2.24, 2.45) is 0 Å². The van der Waals surface area contributed by atoms with Crippen molar-refractivity contribution in [2.75, 3.05) is 11.9 Å². The van der Waals surface area contributed by atoms with Crippen LogP contribution in [0.25, 0.3) is 11.6 Å². The molecule has 0 saturated carbocycles. The van der Waals surface area contributed by atoms with Gasteiger partial charge in [0, 0.05) is 4.90 Å². The Hall–Kier alpha value is -3.51. The summed E-state index contributed by atoms with van der Waals surface area (Å²) < 4.78 is 5.49. The fourth-order valence-corrected chi connectivity index (χ4v) is 5.03. The molecule has 30 heavy (non-hydrogen) atoms. The quantitative estimate of drug-likeness (QED) is 0.622. The van der Waals surface area contributed by atoms with E-state index in [1.165, 1.54) is 0 Å². The number of carbonyl (C=O) groups is 2. The van der Waals surface area contributed by atoms with Crippen molar-refractivity contribution in [1.82, 2.24) is 0 Å². The highest BCUT2D eigenvalue weighted by Gasteiger charge is 2.27. The van der Waals surface area contributed by atoms with E-state index in [2.05, 4.69) is 23.5 Å². The van der Waals surface area contributed by atoms with E-state index < -0.39 is 5.97 Å². The van der Waals surface area contributed by atoms with Gasteiger partial charge in [-0.15, -0.1) is 11.8 Å². The maximum absolute atomic E-state index is 11.7. The number of carboxylic acid groups (broad SMARTS) is 1. The van der Waals surface area contributed by atoms with Gasteiger partial charge in [-0.3, -0.25) is 4.79 Å². The summed E-state index contributed by atoms with van der Waals surface area (Å²) in [6.07, 6.45) is 2.10. The lowest BCUT2D eigenvalue weighted by molar-refractivity contribution is -0.118. The molecule has 1 amide bonds. The van der Waals surface area contributed by atoms with Crippen LogP contribution in [0.4, 0.5) is 5.69 Å². The van der Waals surface area contributed by atoms with E-state index in [9.17, 15) is 14.7 Å². The fourth-order valence-electron chi connectivity index (χ4n) is 3.70. The van der Waals surface area contributed by atoms with Crippen molar-refractivity contribution >= 4 is 41.0 Å². The molecule has 3 aromatic carbocycles. The Morgan fingerprint density at radius 1 is 1.07 bits per heavy atom. The van der Waals surface area contributed by atoms with Crippen LogP contribution in [0, 0.1) is 0 Å². The second-order valence-electron chi connectivity index (χ2n) is 7.11. The first-order valence-electron chi connectivity index (χ1n) is 9.46. The molecular weight excluding hydrogens is 398 g/mol. The van der Waals surface area contributed by atoms with Gasteiger partial charge in [0.15, 0.2) is 6.61 Å². The number of aromatic carboxylic acids is 1. The van der Waals surface area contributed by atoms with Crippen LogP contribution in [0.15, 0.2) is 71.6 Å². The zero-order valence-electron chi connectivity index (χ0n) is 15.8. The Morgan fingerprint density at radius 3 is 2.70 bits per heavy atom. The van der Waals surface area contributed by atoms with Gasteiger partial charge in [0.2, 0.25) is 0 Å². The lowest BCUT2D eigenvalue weighted by Gasteiger charge is -2.28. The summed E-state index contributed by atoms with van der Waals surface area (Å²) in [6.45, 7) is 0.0246. The lowest BCUT2D eigenvalue weighted by atomic mass is 9.94. The number of carbonyl (C=O) groups excluding carboxylic acids is 1. The highest BCUT2D eigenvalue weighted by Crippen LogP contribution is 2.51. The van der Waals surface area contributed by atoms with Gasteiger partial charge < -0.3 is 15.2 Å². The molecule has 3 aromatic rings. The molecule has 5 nitrogen and oxygen atoms in total. The van der Waals surface area contributed by atoms with Gasteiger partial charge >= 0.3 is 5.97 Å². The molecule has 0 aromatic heterocycles. The van der Waals surface area contributed by atoms with Crippen molar-refractivity contribution in [3.8, 4) is 5.75 Å². The minimum Gasteiger partial charge on any atom is -0.482 e. The lowest BCUT2D eigenvalue weighted by Crippen LogP contribution is -2.25. The highest BCUT2D eigenvalue weighted by atomic mass is 32.2. The van der Waals surface area contributed by atoms with Crippen molar-refractivity contribution in [2.45, 2.75) is 10.1 Å². The average molecular weight is 415 g/mol. The summed E-state index contributed by atoms with van der Waals surface area (Å²) in [7, 11) is 0. The molecule has 0 spiro atoms. The van der Waals surface area contributed by atoms with Crippen LogP contribution in [-0.4, -0.2) is 23.6 Å². The largest absolute Gasteiger partial charge is 0.482 e. The third-order valence-corrected chi connectivity index (χ3v) is 6.52. The van der Waals surface area contributed by atoms with Crippen LogP contribution in [0.1, 0.15) is 32.3 Å². The molecule has 2 aliphatic heterocycles. The molecule has 148 valence electrons. The summed E-state index contributed by atoms with van der Waals surface area (Å²) >= 11 is 1.63. The van der Waals surface area contributed by atoms with Crippen LogP contribution >= 0.6 is 11.8 Å². The monoisotopic (exact) mass is 415 g/mol. The Labute approximate surface area is 177 Å². The van der Waals surface area contributed by atoms with E-state index in [4.69, 9.17) is 4.74 Å². The molecule has 2 aliphatic rings. The standard InChI is InChI=1S/C24H17NO4S/c26-22-13-29-20-9-8-15(11-19(20)25-22)18-10-16-6-7-17(24(27)28)12-21(16)30-23(18)14-4-2-1-3-5-14/h1-12,23H,13H2,(H,25,26)(H,27,28). The van der Waals surface area contributed by atoms with Crippen LogP contribution in [0.2, 0.25) is 0 Å². The number of rotatable bonds is 3. The van der Waals surface area contributed by atoms with E-state index >= 15 is 0 Å². The van der Waals surface area contributed by atoms with Crippen LogP contribution in [0.3, 0.4) is 0 Å². The second-order valence-corrected chi connectivity index (χ2v) is 8.26. The second kappa shape index (κ2) is 7.39. The first kappa shape index (κ1) is 18.5. The summed E-state index contributed by atoms with van der Waals surface area (Å²) in [5, 5.41) is 12.2. The van der Waals surface area contributed by atoms with Crippen molar-refractivity contribution in [3.05, 3.63) is 89.0 Å². The molecule has 1 atom stereocenters. The molecule has 0 bridgehead atoms. The van der Waals surface area contributed by atoms with Gasteiger partial charge in [0.1, 0.15) is 5.75 Å². The molecule has 0 fully saturated rings. The number of carboxylic acids is 1. The van der Waals surface area contributed by atoms with Gasteiger partial charge in [-0.2, -0.15) is 0 Å². The van der Waals surface area contributed by atoms with Crippen molar-refractivity contribution in [3.63, 3.8) is 0 Å². The van der Waals surface area contributed by atoms with Gasteiger partial charge in [-0.05, 0) is 52.6 Å². The van der Waals surface area contributed by atoms with Gasteiger partial charge in [0.25, 0.3) is 5.91 Å². The molecular formula is C24H17NO4S.